The summed E-state index contributed by atoms with van der Waals surface area (Å²) in [5.74, 6) is 0.867. The molecule has 0 radical (unpaired) electrons. The molecule has 20 heavy (non-hydrogen) atoms. The lowest BCUT2D eigenvalue weighted by atomic mass is 10.2. The molecule has 3 nitrogen and oxygen atoms in total. The molecule has 0 atom stereocenters. The molecule has 0 saturated heterocycles. The Morgan fingerprint density at radius 2 is 2.20 bits per heavy atom. The standard InChI is InChI=1S/C14H8BrClN2OS/c15-10-4-1-3-9(7-10)8-11(16)14-17-13(18-19-14)12-5-2-6-20-12/h1-8H/b11-8+. The second-order valence-electron chi connectivity index (χ2n) is 3.95. The van der Waals surface area contributed by atoms with Gasteiger partial charge in [-0.25, -0.2) is 0 Å². The van der Waals surface area contributed by atoms with E-state index < -0.39 is 0 Å². The Balaban J connectivity index is 1.89. The van der Waals surface area contributed by atoms with Gasteiger partial charge in [-0.05, 0) is 35.2 Å². The lowest BCUT2D eigenvalue weighted by Crippen LogP contribution is -1.79. The normalized spacial score (nSPS) is 11.8. The average Bonchev–Trinajstić information content (AvgIpc) is 3.10. The maximum Gasteiger partial charge on any atom is 0.269 e. The number of hydrogen-bond acceptors (Lipinski definition) is 4. The first-order chi connectivity index (χ1) is 9.72. The highest BCUT2D eigenvalue weighted by molar-refractivity contribution is 9.10. The van der Waals surface area contributed by atoms with Crippen LogP contribution in [0.15, 0.2) is 50.8 Å². The fourth-order valence-electron chi connectivity index (χ4n) is 1.63. The zero-order valence-electron chi connectivity index (χ0n) is 10.1. The van der Waals surface area contributed by atoms with E-state index in [4.69, 9.17) is 16.1 Å². The third kappa shape index (κ3) is 3.00. The maximum absolute atomic E-state index is 6.22. The summed E-state index contributed by atoms with van der Waals surface area (Å²) >= 11 is 11.2. The Morgan fingerprint density at radius 3 is 2.95 bits per heavy atom. The highest BCUT2D eigenvalue weighted by Crippen LogP contribution is 2.26. The Labute approximate surface area is 133 Å². The van der Waals surface area contributed by atoms with E-state index in [1.54, 1.807) is 17.4 Å². The van der Waals surface area contributed by atoms with Crippen LogP contribution in [0.5, 0.6) is 0 Å². The lowest BCUT2D eigenvalue weighted by Gasteiger charge is -1.95. The molecule has 100 valence electrons. The monoisotopic (exact) mass is 366 g/mol. The highest BCUT2D eigenvalue weighted by Gasteiger charge is 2.12. The quantitative estimate of drug-likeness (QED) is 0.630. The van der Waals surface area contributed by atoms with Crippen molar-refractivity contribution in [3.63, 3.8) is 0 Å². The van der Waals surface area contributed by atoms with Crippen LogP contribution in [-0.4, -0.2) is 10.1 Å². The zero-order valence-corrected chi connectivity index (χ0v) is 13.2. The first-order valence-electron chi connectivity index (χ1n) is 5.73. The number of halogens is 2. The van der Waals surface area contributed by atoms with E-state index in [9.17, 15) is 0 Å². The number of benzene rings is 1. The molecule has 3 aromatic rings. The summed E-state index contributed by atoms with van der Waals surface area (Å²) in [7, 11) is 0. The molecule has 0 bridgehead atoms. The van der Waals surface area contributed by atoms with Crippen molar-refractivity contribution < 1.29 is 4.52 Å². The summed E-state index contributed by atoms with van der Waals surface area (Å²) in [4.78, 5) is 5.24. The predicted octanol–water partition coefficient (Wildman–Crippen LogP) is 5.30. The van der Waals surface area contributed by atoms with Crippen LogP contribution in [-0.2, 0) is 0 Å². The van der Waals surface area contributed by atoms with Crippen LogP contribution < -0.4 is 0 Å². The van der Waals surface area contributed by atoms with Crippen molar-refractivity contribution in [2.24, 2.45) is 0 Å². The molecule has 1 aromatic carbocycles. The minimum absolute atomic E-state index is 0.315. The molecule has 0 spiro atoms. The van der Waals surface area contributed by atoms with E-state index in [1.807, 2.05) is 41.8 Å². The van der Waals surface area contributed by atoms with Gasteiger partial charge in [0.2, 0.25) is 5.82 Å². The van der Waals surface area contributed by atoms with Crippen LogP contribution in [0.3, 0.4) is 0 Å². The van der Waals surface area contributed by atoms with Gasteiger partial charge in [0.1, 0.15) is 5.03 Å². The van der Waals surface area contributed by atoms with Crippen LogP contribution in [0.2, 0.25) is 0 Å². The summed E-state index contributed by atoms with van der Waals surface area (Å²) in [6.45, 7) is 0. The summed E-state index contributed by atoms with van der Waals surface area (Å²) in [6, 6.07) is 11.7. The van der Waals surface area contributed by atoms with Gasteiger partial charge in [0, 0.05) is 4.47 Å². The number of rotatable bonds is 3. The molecule has 0 fully saturated rings. The smallest absolute Gasteiger partial charge is 0.269 e. The molecule has 0 amide bonds. The van der Waals surface area contributed by atoms with Gasteiger partial charge in [0.25, 0.3) is 5.89 Å². The van der Waals surface area contributed by atoms with Crippen LogP contribution >= 0.6 is 38.9 Å². The maximum atomic E-state index is 6.22. The number of aromatic nitrogens is 2. The van der Waals surface area contributed by atoms with E-state index in [2.05, 4.69) is 26.1 Å². The van der Waals surface area contributed by atoms with Crippen LogP contribution in [0.4, 0.5) is 0 Å². The largest absolute Gasteiger partial charge is 0.333 e. The fraction of sp³-hybridized carbons (Fsp3) is 0. The van der Waals surface area contributed by atoms with Crippen molar-refractivity contribution in [2.45, 2.75) is 0 Å². The Hall–Kier alpha value is -1.43. The van der Waals surface area contributed by atoms with E-state index in [1.165, 1.54) is 0 Å². The molecule has 0 N–H and O–H groups in total. The second kappa shape index (κ2) is 5.91. The molecule has 0 aliphatic carbocycles. The molecule has 0 unspecified atom stereocenters. The number of hydrogen-bond donors (Lipinski definition) is 0. The molecule has 0 aliphatic rings. The van der Waals surface area contributed by atoms with Crippen molar-refractivity contribution in [3.8, 4) is 10.7 Å². The van der Waals surface area contributed by atoms with Gasteiger partial charge in [-0.1, -0.05) is 50.9 Å². The highest BCUT2D eigenvalue weighted by atomic mass is 79.9. The third-order valence-electron chi connectivity index (χ3n) is 2.51. The van der Waals surface area contributed by atoms with E-state index >= 15 is 0 Å². The number of nitrogens with zero attached hydrogens (tertiary/aromatic N) is 2. The van der Waals surface area contributed by atoms with E-state index in [-0.39, 0.29) is 0 Å². The minimum atomic E-state index is 0.315. The molecule has 2 aromatic heterocycles. The first-order valence-corrected chi connectivity index (χ1v) is 7.78. The Morgan fingerprint density at radius 1 is 1.30 bits per heavy atom. The Bertz CT molecular complexity index is 752. The van der Waals surface area contributed by atoms with Crippen LogP contribution in [0.1, 0.15) is 11.5 Å². The minimum Gasteiger partial charge on any atom is -0.333 e. The van der Waals surface area contributed by atoms with Crippen LogP contribution in [0, 0.1) is 0 Å². The third-order valence-corrected chi connectivity index (χ3v) is 4.14. The van der Waals surface area contributed by atoms with Gasteiger partial charge in [-0.15, -0.1) is 11.3 Å². The van der Waals surface area contributed by atoms with Crippen molar-refractivity contribution >= 4 is 50.0 Å². The summed E-state index contributed by atoms with van der Waals surface area (Å²) < 4.78 is 6.17. The molecular formula is C14H8BrClN2OS. The Kier molecular flexibility index (Phi) is 4.00. The van der Waals surface area contributed by atoms with Gasteiger partial charge < -0.3 is 4.52 Å². The fourth-order valence-corrected chi connectivity index (χ4v) is 2.90. The summed E-state index contributed by atoms with van der Waals surface area (Å²) in [5, 5.41) is 6.31. The summed E-state index contributed by atoms with van der Waals surface area (Å²) in [5.41, 5.74) is 0.959. The molecular weight excluding hydrogens is 360 g/mol. The van der Waals surface area contributed by atoms with E-state index in [0.29, 0.717) is 16.7 Å². The van der Waals surface area contributed by atoms with Crippen molar-refractivity contribution in [1.82, 2.24) is 10.1 Å². The van der Waals surface area contributed by atoms with Crippen LogP contribution in [0.25, 0.3) is 21.8 Å². The zero-order chi connectivity index (χ0) is 13.9. The predicted molar refractivity (Wildman–Crippen MR) is 85.5 cm³/mol. The van der Waals surface area contributed by atoms with Gasteiger partial charge in [-0.2, -0.15) is 4.98 Å². The number of thiophene rings is 1. The molecule has 2 heterocycles. The molecule has 0 saturated carbocycles. The average molecular weight is 368 g/mol. The lowest BCUT2D eigenvalue weighted by molar-refractivity contribution is 0.410. The van der Waals surface area contributed by atoms with Crippen molar-refractivity contribution in [2.75, 3.05) is 0 Å². The first kappa shape index (κ1) is 13.5. The SMILES string of the molecule is Cl/C(=C/c1cccc(Br)c1)c1nc(-c2cccs2)no1. The molecule has 3 rings (SSSR count). The second-order valence-corrected chi connectivity index (χ2v) is 6.22. The molecule has 0 aliphatic heterocycles. The van der Waals surface area contributed by atoms with Gasteiger partial charge in [-0.3, -0.25) is 0 Å². The van der Waals surface area contributed by atoms with Crippen molar-refractivity contribution in [1.29, 1.82) is 0 Å². The topological polar surface area (TPSA) is 38.9 Å². The van der Waals surface area contributed by atoms with Gasteiger partial charge in [0.05, 0.1) is 4.88 Å². The van der Waals surface area contributed by atoms with E-state index in [0.717, 1.165) is 14.9 Å². The summed E-state index contributed by atoms with van der Waals surface area (Å²) in [6.07, 6.45) is 1.79. The molecule has 6 heteroatoms. The van der Waals surface area contributed by atoms with Gasteiger partial charge >= 0.3 is 0 Å². The van der Waals surface area contributed by atoms with Crippen molar-refractivity contribution in [3.05, 3.63) is 57.7 Å². The van der Waals surface area contributed by atoms with Gasteiger partial charge in [0.15, 0.2) is 0 Å².